The second-order valence-electron chi connectivity index (χ2n) is 9.38. The molecule has 3 aliphatic heterocycles. The molecule has 0 radical (unpaired) electrons. The Morgan fingerprint density at radius 3 is 2.63 bits per heavy atom. The second kappa shape index (κ2) is 9.74. The number of nitrogen functional groups attached to an aromatic ring is 2. The maximum Gasteiger partial charge on any atom is 0.472 e. The van der Waals surface area contributed by atoms with Gasteiger partial charge in [-0.25, -0.2) is 28.9 Å². The largest absolute Gasteiger partial charge is 0.472 e. The molecule has 8 atom stereocenters. The first-order valence-corrected chi connectivity index (χ1v) is 13.7. The Morgan fingerprint density at radius 2 is 1.80 bits per heavy atom. The third-order valence-corrected chi connectivity index (χ3v) is 7.88. The highest BCUT2D eigenvalue weighted by atomic mass is 31.2. The van der Waals surface area contributed by atoms with Crippen molar-refractivity contribution in [2.75, 3.05) is 24.9 Å². The number of fused-ring (bicyclic) bond motifs is 5. The molecule has 21 heteroatoms. The van der Waals surface area contributed by atoms with Gasteiger partial charge in [0.1, 0.15) is 30.2 Å². The first kappa shape index (κ1) is 26.3. The summed E-state index contributed by atoms with van der Waals surface area (Å²) in [6.45, 7) is -1.02. The topological polar surface area (TPSA) is 252 Å². The number of halogens is 1. The minimum absolute atomic E-state index is 0.0380. The minimum Gasteiger partial charge on any atom is -0.382 e. The maximum atomic E-state index is 15.8. The molecule has 0 aliphatic carbocycles. The maximum absolute atomic E-state index is 15.8. The van der Waals surface area contributed by atoms with Crippen molar-refractivity contribution in [1.29, 1.82) is 0 Å². The van der Waals surface area contributed by atoms with Gasteiger partial charge in [0.05, 0.1) is 19.3 Å². The molecule has 3 saturated heterocycles. The molecule has 3 aliphatic rings. The van der Waals surface area contributed by atoms with E-state index in [1.54, 1.807) is 0 Å². The quantitative estimate of drug-likeness (QED) is 0.212. The lowest BCUT2D eigenvalue weighted by Gasteiger charge is -2.24. The summed E-state index contributed by atoms with van der Waals surface area (Å²) in [5, 5.41) is 0. The summed E-state index contributed by atoms with van der Waals surface area (Å²) >= 11 is 0. The Bertz CT molecular complexity index is 1730. The first-order chi connectivity index (χ1) is 19.7. The number of alkyl halides is 1. The van der Waals surface area contributed by atoms with E-state index >= 15 is 4.39 Å². The van der Waals surface area contributed by atoms with E-state index in [4.69, 9.17) is 39.5 Å². The van der Waals surface area contributed by atoms with Gasteiger partial charge < -0.3 is 35.3 Å². The Kier molecular flexibility index (Phi) is 6.24. The number of phosphoric acid groups is 1. The molecule has 7 rings (SSSR count). The SMILES string of the molecule is Nc1nc2c(ncn2C2O[C@H]3C[C@@H]2OP(=O)(O)OCC2OC(n4cnc5c(N)ncnc54)C(F)C2OCO3)c(=O)[nH]1. The van der Waals surface area contributed by atoms with E-state index in [1.807, 2.05) is 0 Å². The zero-order chi connectivity index (χ0) is 28.5. The summed E-state index contributed by atoms with van der Waals surface area (Å²) in [6.07, 6.45) is -5.15. The lowest BCUT2D eigenvalue weighted by molar-refractivity contribution is -0.215. The zero-order valence-electron chi connectivity index (χ0n) is 20.7. The molecule has 0 amide bonds. The average Bonchev–Trinajstić information content (AvgIpc) is 3.68. The van der Waals surface area contributed by atoms with Crippen LogP contribution in [-0.4, -0.2) is 88.1 Å². The molecule has 4 aromatic heterocycles. The summed E-state index contributed by atoms with van der Waals surface area (Å²) < 4.78 is 65.1. The molecular formula is C20H22FN10O9P. The molecule has 4 aromatic rings. The van der Waals surface area contributed by atoms with Crippen LogP contribution < -0.4 is 17.0 Å². The number of ether oxygens (including phenoxy) is 4. The van der Waals surface area contributed by atoms with Gasteiger partial charge in [0.2, 0.25) is 5.95 Å². The molecule has 41 heavy (non-hydrogen) atoms. The number of phosphoric ester groups is 1. The van der Waals surface area contributed by atoms with Crippen LogP contribution in [0.3, 0.4) is 0 Å². The van der Waals surface area contributed by atoms with Gasteiger partial charge in [-0.1, -0.05) is 0 Å². The lowest BCUT2D eigenvalue weighted by Crippen LogP contribution is -2.36. The van der Waals surface area contributed by atoms with Crippen LogP contribution >= 0.6 is 7.82 Å². The van der Waals surface area contributed by atoms with Gasteiger partial charge >= 0.3 is 7.82 Å². The number of H-pyrrole nitrogens is 1. The monoisotopic (exact) mass is 596 g/mol. The number of nitrogens with one attached hydrogen (secondary N) is 1. The number of nitrogens with two attached hydrogens (primary N) is 2. The van der Waals surface area contributed by atoms with Crippen LogP contribution in [-0.2, 0) is 32.6 Å². The van der Waals surface area contributed by atoms with Gasteiger partial charge in [0.25, 0.3) is 5.56 Å². The van der Waals surface area contributed by atoms with E-state index in [0.29, 0.717) is 0 Å². The van der Waals surface area contributed by atoms with Gasteiger partial charge in [-0.3, -0.25) is 28.0 Å². The standard InChI is InChI=1S/C20H22FN10O9P/c21-10-13-8(38-19(10)30-4-26-11-14(22)24-3-25-15(11)30)2-37-41(33,34)40-7-1-9(35-6-36-13)39-18(7)31-5-27-12-16(31)28-20(23)29-17(12)32/h3-5,7-10,13,18-19H,1-2,6H2,(H,33,34)(H2,22,24,25)(H3,23,28,29,32)/t7-,8?,9-,10?,13?,18?,19?/m0/s1. The summed E-state index contributed by atoms with van der Waals surface area (Å²) in [6, 6.07) is 0. The number of imidazole rings is 2. The fourth-order valence-electron chi connectivity index (χ4n) is 5.05. The number of aromatic amines is 1. The van der Waals surface area contributed by atoms with Gasteiger partial charge in [-0.2, -0.15) is 4.98 Å². The molecule has 7 heterocycles. The van der Waals surface area contributed by atoms with Gasteiger partial charge in [0, 0.05) is 6.42 Å². The highest BCUT2D eigenvalue weighted by Crippen LogP contribution is 2.50. The van der Waals surface area contributed by atoms with Crippen LogP contribution in [0, 0.1) is 0 Å². The Hall–Kier alpha value is -3.62. The molecule has 218 valence electrons. The molecule has 0 saturated carbocycles. The van der Waals surface area contributed by atoms with Crippen LogP contribution in [0.2, 0.25) is 0 Å². The highest BCUT2D eigenvalue weighted by molar-refractivity contribution is 7.47. The smallest absolute Gasteiger partial charge is 0.382 e. The third kappa shape index (κ3) is 4.53. The van der Waals surface area contributed by atoms with Gasteiger partial charge in [0.15, 0.2) is 54.3 Å². The second-order valence-corrected chi connectivity index (χ2v) is 10.8. The van der Waals surface area contributed by atoms with Crippen LogP contribution in [0.15, 0.2) is 23.8 Å². The molecular weight excluding hydrogens is 574 g/mol. The predicted octanol–water partition coefficient (Wildman–Crippen LogP) is -0.520. The van der Waals surface area contributed by atoms with Crippen LogP contribution in [0.4, 0.5) is 16.2 Å². The number of hydrogen-bond acceptors (Lipinski definition) is 15. The fourth-order valence-corrected chi connectivity index (χ4v) is 5.98. The Labute approximate surface area is 227 Å². The van der Waals surface area contributed by atoms with Crippen LogP contribution in [0.5, 0.6) is 0 Å². The third-order valence-electron chi connectivity index (χ3n) is 6.87. The molecule has 6 unspecified atom stereocenters. The summed E-state index contributed by atoms with van der Waals surface area (Å²) in [7, 11) is -4.79. The highest BCUT2D eigenvalue weighted by Gasteiger charge is 2.50. The van der Waals surface area contributed by atoms with Crippen molar-refractivity contribution in [3.8, 4) is 0 Å². The van der Waals surface area contributed by atoms with E-state index in [0.717, 1.165) is 0 Å². The van der Waals surface area contributed by atoms with Crippen molar-refractivity contribution < 1.29 is 41.8 Å². The normalized spacial score (nSPS) is 34.4. The minimum atomic E-state index is -4.79. The zero-order valence-corrected chi connectivity index (χ0v) is 21.6. The van der Waals surface area contributed by atoms with Crippen molar-refractivity contribution in [3.63, 3.8) is 0 Å². The molecule has 0 aromatic carbocycles. The molecule has 3 fully saturated rings. The van der Waals surface area contributed by atoms with E-state index in [-0.39, 0.29) is 40.5 Å². The number of rotatable bonds is 2. The number of nitrogens with zero attached hydrogens (tertiary/aromatic N) is 7. The van der Waals surface area contributed by atoms with Gasteiger partial charge in [-0.15, -0.1) is 0 Å². The van der Waals surface area contributed by atoms with E-state index in [9.17, 15) is 14.3 Å². The fraction of sp³-hybridized carbons (Fsp3) is 0.500. The van der Waals surface area contributed by atoms with Crippen molar-refractivity contribution in [1.82, 2.24) is 39.0 Å². The average molecular weight is 596 g/mol. The van der Waals surface area contributed by atoms with Crippen LogP contribution in [0.1, 0.15) is 18.9 Å². The predicted molar refractivity (Wildman–Crippen MR) is 131 cm³/mol. The van der Waals surface area contributed by atoms with Crippen molar-refractivity contribution in [2.45, 2.75) is 49.7 Å². The molecule has 19 nitrogen and oxygen atoms in total. The summed E-state index contributed by atoms with van der Waals surface area (Å²) in [5.74, 6) is -0.0729. The van der Waals surface area contributed by atoms with E-state index in [2.05, 4.69) is 29.9 Å². The van der Waals surface area contributed by atoms with Crippen LogP contribution in [0.25, 0.3) is 22.3 Å². The van der Waals surface area contributed by atoms with Crippen molar-refractivity contribution >= 4 is 41.9 Å². The van der Waals surface area contributed by atoms with Crippen molar-refractivity contribution in [3.05, 3.63) is 29.3 Å². The lowest BCUT2D eigenvalue weighted by atomic mass is 10.1. The van der Waals surface area contributed by atoms with Gasteiger partial charge in [-0.05, 0) is 0 Å². The summed E-state index contributed by atoms with van der Waals surface area (Å²) in [5.41, 5.74) is 11.4. The van der Waals surface area contributed by atoms with Crippen molar-refractivity contribution in [2.24, 2.45) is 0 Å². The summed E-state index contributed by atoms with van der Waals surface area (Å²) in [4.78, 5) is 45.3. The molecule has 2 bridgehead atoms. The number of hydrogen-bond donors (Lipinski definition) is 4. The number of aromatic nitrogens is 8. The number of anilines is 2. The Morgan fingerprint density at radius 1 is 1.02 bits per heavy atom. The molecule has 0 spiro atoms. The van der Waals surface area contributed by atoms with E-state index in [1.165, 1.54) is 28.1 Å². The Balaban J connectivity index is 1.15. The first-order valence-electron chi connectivity index (χ1n) is 12.2. The van der Waals surface area contributed by atoms with E-state index < -0.39 is 70.0 Å². The molecule has 6 N–H and O–H groups in total.